The molecule has 0 aromatic heterocycles. The van der Waals surface area contributed by atoms with E-state index in [9.17, 15) is 4.79 Å². The number of piperidine rings is 1. The number of carbonyl (C=O) groups excluding carboxylic acids is 1. The number of rotatable bonds is 6. The largest absolute Gasteiger partial charge is 0.352 e. The van der Waals surface area contributed by atoms with E-state index in [1.807, 2.05) is 11.8 Å². The molecule has 1 aromatic rings. The lowest BCUT2D eigenvalue weighted by molar-refractivity contribution is -0.122. The Morgan fingerprint density at radius 2 is 2.24 bits per heavy atom. The van der Waals surface area contributed by atoms with Gasteiger partial charge in [0.05, 0.1) is 6.54 Å². The Morgan fingerprint density at radius 1 is 1.48 bits per heavy atom. The maximum Gasteiger partial charge on any atom is 0.234 e. The van der Waals surface area contributed by atoms with E-state index in [1.54, 1.807) is 6.08 Å². The molecule has 0 unspecified atom stereocenters. The van der Waals surface area contributed by atoms with Crippen LogP contribution in [0.25, 0.3) is 0 Å². The number of amides is 1. The van der Waals surface area contributed by atoms with Crippen LogP contribution >= 0.6 is 11.8 Å². The molecule has 21 heavy (non-hydrogen) atoms. The van der Waals surface area contributed by atoms with Crippen molar-refractivity contribution in [1.82, 2.24) is 10.2 Å². The maximum atomic E-state index is 11.7. The second kappa shape index (κ2) is 8.25. The normalized spacial score (nSPS) is 16.6. The quantitative estimate of drug-likeness (QED) is 0.820. The molecule has 3 nitrogen and oxygen atoms in total. The van der Waals surface area contributed by atoms with Gasteiger partial charge in [0.1, 0.15) is 0 Å². The number of hydrogen-bond acceptors (Lipinski definition) is 3. The zero-order valence-corrected chi connectivity index (χ0v) is 13.5. The van der Waals surface area contributed by atoms with E-state index in [2.05, 4.69) is 48.0 Å². The summed E-state index contributed by atoms with van der Waals surface area (Å²) in [5.41, 5.74) is 1.32. The highest BCUT2D eigenvalue weighted by Gasteiger charge is 2.21. The van der Waals surface area contributed by atoms with Crippen molar-refractivity contribution in [2.45, 2.75) is 29.9 Å². The minimum Gasteiger partial charge on any atom is -0.352 e. The molecule has 1 aliphatic rings. The Balaban J connectivity index is 1.73. The maximum absolute atomic E-state index is 11.7. The Bertz CT molecular complexity index is 481. The first-order valence-corrected chi connectivity index (χ1v) is 8.38. The van der Waals surface area contributed by atoms with Gasteiger partial charge in [0.25, 0.3) is 0 Å². The fourth-order valence-corrected chi connectivity index (χ4v) is 3.75. The van der Waals surface area contributed by atoms with Crippen LogP contribution in [-0.2, 0) is 4.79 Å². The van der Waals surface area contributed by atoms with Crippen molar-refractivity contribution in [2.24, 2.45) is 0 Å². The smallest absolute Gasteiger partial charge is 0.234 e. The topological polar surface area (TPSA) is 32.3 Å². The summed E-state index contributed by atoms with van der Waals surface area (Å²) in [6.07, 6.45) is 4.00. The van der Waals surface area contributed by atoms with E-state index in [1.165, 1.54) is 10.5 Å². The average molecular weight is 304 g/mol. The Kier molecular flexibility index (Phi) is 6.33. The van der Waals surface area contributed by atoms with E-state index in [0.717, 1.165) is 25.9 Å². The third kappa shape index (κ3) is 5.56. The van der Waals surface area contributed by atoms with Gasteiger partial charge in [0.2, 0.25) is 5.91 Å². The number of carbonyl (C=O) groups is 1. The van der Waals surface area contributed by atoms with Crippen LogP contribution in [0.4, 0.5) is 0 Å². The summed E-state index contributed by atoms with van der Waals surface area (Å²) < 4.78 is 0. The highest BCUT2D eigenvalue weighted by Crippen LogP contribution is 2.30. The van der Waals surface area contributed by atoms with Gasteiger partial charge in [-0.25, -0.2) is 0 Å². The van der Waals surface area contributed by atoms with Crippen LogP contribution in [-0.4, -0.2) is 42.2 Å². The van der Waals surface area contributed by atoms with E-state index < -0.39 is 0 Å². The first-order chi connectivity index (χ1) is 10.2. The molecule has 0 bridgehead atoms. The van der Waals surface area contributed by atoms with E-state index in [0.29, 0.717) is 18.3 Å². The molecule has 0 aliphatic carbocycles. The van der Waals surface area contributed by atoms with Crippen LogP contribution < -0.4 is 5.32 Å². The average Bonchev–Trinajstić information content (AvgIpc) is 2.47. The number of benzene rings is 1. The van der Waals surface area contributed by atoms with Gasteiger partial charge in [-0.1, -0.05) is 23.8 Å². The third-order valence-corrected chi connectivity index (χ3v) is 4.97. The molecule has 0 spiro atoms. The molecule has 114 valence electrons. The highest BCUT2D eigenvalue weighted by molar-refractivity contribution is 8.00. The minimum atomic E-state index is 0.0969. The summed E-state index contributed by atoms with van der Waals surface area (Å²) in [6, 6.07) is 8.69. The Labute approximate surface area is 131 Å². The van der Waals surface area contributed by atoms with Crippen LogP contribution in [0.5, 0.6) is 0 Å². The molecule has 1 aromatic carbocycles. The van der Waals surface area contributed by atoms with Gasteiger partial charge in [0, 0.05) is 16.7 Å². The molecule has 1 saturated heterocycles. The molecule has 1 heterocycles. The molecule has 0 atom stereocenters. The lowest BCUT2D eigenvalue weighted by Crippen LogP contribution is -2.42. The monoisotopic (exact) mass is 304 g/mol. The summed E-state index contributed by atoms with van der Waals surface area (Å²) in [5.74, 6) is 0.0969. The molecule has 1 fully saturated rings. The summed E-state index contributed by atoms with van der Waals surface area (Å²) in [4.78, 5) is 15.3. The summed E-state index contributed by atoms with van der Waals surface area (Å²) in [6.45, 7) is 8.81. The molecule has 1 aliphatic heterocycles. The van der Waals surface area contributed by atoms with Crippen molar-refractivity contribution in [3.63, 3.8) is 0 Å². The van der Waals surface area contributed by atoms with E-state index >= 15 is 0 Å². The second-order valence-corrected chi connectivity index (χ2v) is 6.88. The lowest BCUT2D eigenvalue weighted by atomic mass is 10.1. The van der Waals surface area contributed by atoms with Gasteiger partial charge in [-0.3, -0.25) is 9.69 Å². The van der Waals surface area contributed by atoms with Crippen LogP contribution in [0, 0.1) is 6.92 Å². The van der Waals surface area contributed by atoms with Gasteiger partial charge in [-0.2, -0.15) is 0 Å². The van der Waals surface area contributed by atoms with Crippen molar-refractivity contribution < 1.29 is 4.79 Å². The van der Waals surface area contributed by atoms with Gasteiger partial charge in [0.15, 0.2) is 0 Å². The van der Waals surface area contributed by atoms with Crippen LogP contribution in [0.1, 0.15) is 18.4 Å². The first kappa shape index (κ1) is 16.1. The molecular weight excluding hydrogens is 280 g/mol. The fourth-order valence-electron chi connectivity index (χ4n) is 2.51. The number of hydrogen-bond donors (Lipinski definition) is 1. The molecule has 1 amide bonds. The van der Waals surface area contributed by atoms with Crippen LogP contribution in [0.3, 0.4) is 0 Å². The fraction of sp³-hybridized carbons (Fsp3) is 0.471. The predicted octanol–water partition coefficient (Wildman–Crippen LogP) is 2.85. The van der Waals surface area contributed by atoms with E-state index in [4.69, 9.17) is 0 Å². The van der Waals surface area contributed by atoms with Crippen LogP contribution in [0.2, 0.25) is 0 Å². The van der Waals surface area contributed by atoms with Gasteiger partial charge in [-0.05, 0) is 45.0 Å². The van der Waals surface area contributed by atoms with Crippen molar-refractivity contribution in [2.75, 3.05) is 26.2 Å². The molecule has 1 N–H and O–H groups in total. The van der Waals surface area contributed by atoms with Crippen molar-refractivity contribution >= 4 is 17.7 Å². The summed E-state index contributed by atoms with van der Waals surface area (Å²) in [5, 5.41) is 3.50. The molecule has 2 rings (SSSR count). The predicted molar refractivity (Wildman–Crippen MR) is 89.7 cm³/mol. The van der Waals surface area contributed by atoms with Gasteiger partial charge < -0.3 is 5.32 Å². The minimum absolute atomic E-state index is 0.0969. The van der Waals surface area contributed by atoms with Gasteiger partial charge >= 0.3 is 0 Å². The number of nitrogens with zero attached hydrogens (tertiary/aromatic N) is 1. The highest BCUT2D eigenvalue weighted by atomic mass is 32.2. The van der Waals surface area contributed by atoms with Crippen molar-refractivity contribution in [3.05, 3.63) is 42.5 Å². The number of aryl methyl sites for hydroxylation is 1. The Morgan fingerprint density at radius 3 is 2.90 bits per heavy atom. The number of likely N-dealkylation sites (tertiary alicyclic amines) is 1. The van der Waals surface area contributed by atoms with Crippen molar-refractivity contribution in [1.29, 1.82) is 0 Å². The third-order valence-electron chi connectivity index (χ3n) is 3.64. The standard InChI is InChI=1S/C17H24N2OS/c1-3-9-18-17(20)13-19-10-7-15(8-11-19)21-16-6-4-5-14(2)12-16/h3-6,12,15H,1,7-11,13H2,2H3,(H,18,20). The molecule has 0 radical (unpaired) electrons. The summed E-state index contributed by atoms with van der Waals surface area (Å²) in [7, 11) is 0. The SMILES string of the molecule is C=CCNC(=O)CN1CCC(Sc2cccc(C)c2)CC1. The van der Waals surface area contributed by atoms with Crippen LogP contribution in [0.15, 0.2) is 41.8 Å². The summed E-state index contributed by atoms with van der Waals surface area (Å²) >= 11 is 1.97. The second-order valence-electron chi connectivity index (χ2n) is 5.50. The van der Waals surface area contributed by atoms with Crippen molar-refractivity contribution in [3.8, 4) is 0 Å². The number of nitrogens with one attached hydrogen (secondary N) is 1. The lowest BCUT2D eigenvalue weighted by Gasteiger charge is -2.31. The zero-order valence-electron chi connectivity index (χ0n) is 12.7. The number of thioether (sulfide) groups is 1. The molecular formula is C17H24N2OS. The zero-order chi connectivity index (χ0) is 15.1. The van der Waals surface area contributed by atoms with Gasteiger partial charge in [-0.15, -0.1) is 18.3 Å². The molecule has 0 saturated carbocycles. The first-order valence-electron chi connectivity index (χ1n) is 7.50. The Hall–Kier alpha value is -1.26. The van der Waals surface area contributed by atoms with E-state index in [-0.39, 0.29) is 5.91 Å². The molecule has 4 heteroatoms.